The van der Waals surface area contributed by atoms with Crippen LogP contribution < -0.4 is 5.11 Å². The topological polar surface area (TPSA) is 66.4 Å². The summed E-state index contributed by atoms with van der Waals surface area (Å²) < 4.78 is 81.4. The van der Waals surface area contributed by atoms with Crippen LogP contribution in [0.4, 0.5) is 26.3 Å². The second-order valence-corrected chi connectivity index (χ2v) is 4.91. The van der Waals surface area contributed by atoms with Crippen molar-refractivity contribution in [3.8, 4) is 0 Å². The number of rotatable bonds is 11. The summed E-state index contributed by atoms with van der Waals surface area (Å²) in [4.78, 5) is 20.8. The molecule has 136 valence electrons. The maximum Gasteiger partial charge on any atom is 0.411 e. The largest absolute Gasteiger partial charge is 0.544 e. The van der Waals surface area contributed by atoms with Gasteiger partial charge in [-0.3, -0.25) is 0 Å². The minimum Gasteiger partial charge on any atom is -0.544 e. The van der Waals surface area contributed by atoms with E-state index in [4.69, 9.17) is 0 Å². The average Bonchev–Trinajstić information content (AvgIpc) is 2.45. The van der Waals surface area contributed by atoms with Gasteiger partial charge in [0, 0.05) is 0 Å². The van der Waals surface area contributed by atoms with Crippen LogP contribution >= 0.6 is 0 Å². The van der Waals surface area contributed by atoms with Crippen molar-refractivity contribution in [1.82, 2.24) is 0 Å². The molecule has 0 heterocycles. The summed E-state index contributed by atoms with van der Waals surface area (Å²) >= 11 is 0. The molecule has 0 saturated carbocycles. The number of hydrogen-bond acceptors (Lipinski definition) is 4. The molecule has 0 aliphatic heterocycles. The normalized spacial score (nSPS) is 13.0. The summed E-state index contributed by atoms with van der Waals surface area (Å²) in [5, 5.41) is 9.90. The molecule has 0 aliphatic rings. The van der Waals surface area contributed by atoms with Crippen molar-refractivity contribution in [3.05, 3.63) is 0 Å². The Balaban J connectivity index is 4.58. The Kier molecular flexibility index (Phi) is 7.85. The number of esters is 1. The van der Waals surface area contributed by atoms with E-state index in [-0.39, 0.29) is 6.42 Å². The van der Waals surface area contributed by atoms with Gasteiger partial charge in [0.2, 0.25) is 0 Å². The fraction of sp³-hybridized carbons (Fsp3) is 0.846. The van der Waals surface area contributed by atoms with Crippen LogP contribution in [0.25, 0.3) is 0 Å². The lowest BCUT2D eigenvalue weighted by molar-refractivity contribution is -0.366. The molecule has 4 nitrogen and oxygen atoms in total. The van der Waals surface area contributed by atoms with Crippen LogP contribution in [0.5, 0.6) is 0 Å². The molecule has 0 unspecified atom stereocenters. The number of alkyl halides is 6. The zero-order valence-corrected chi connectivity index (χ0v) is 12.4. The van der Waals surface area contributed by atoms with E-state index in [1.807, 2.05) is 6.92 Å². The molecule has 0 aromatic carbocycles. The first-order chi connectivity index (χ1) is 10.4. The van der Waals surface area contributed by atoms with Gasteiger partial charge in [0.25, 0.3) is 0 Å². The molecule has 0 N–H and O–H groups in total. The van der Waals surface area contributed by atoms with Crippen LogP contribution in [-0.4, -0.2) is 36.3 Å². The quantitative estimate of drug-likeness (QED) is 0.326. The van der Waals surface area contributed by atoms with Crippen molar-refractivity contribution >= 4 is 11.9 Å². The van der Waals surface area contributed by atoms with Crippen LogP contribution in [0.1, 0.15) is 45.4 Å². The van der Waals surface area contributed by atoms with Gasteiger partial charge < -0.3 is 14.6 Å². The molecule has 0 radical (unpaired) electrons. The Morgan fingerprint density at radius 1 is 0.870 bits per heavy atom. The van der Waals surface area contributed by atoms with Gasteiger partial charge in [0.1, 0.15) is 5.97 Å². The van der Waals surface area contributed by atoms with E-state index in [0.717, 1.165) is 19.3 Å². The molecule has 0 spiro atoms. The Morgan fingerprint density at radius 2 is 1.35 bits per heavy atom. The summed E-state index contributed by atoms with van der Waals surface area (Å²) in [6.45, 7) is 1.31. The third kappa shape index (κ3) is 5.00. The minimum absolute atomic E-state index is 0.0913. The molecule has 0 rings (SSSR count). The summed E-state index contributed by atoms with van der Waals surface area (Å²) in [5.74, 6) is -25.3. The van der Waals surface area contributed by atoms with Gasteiger partial charge in [-0.2, -0.15) is 26.3 Å². The smallest absolute Gasteiger partial charge is 0.411 e. The Bertz CT molecular complexity index is 411. The van der Waals surface area contributed by atoms with Crippen molar-refractivity contribution in [2.75, 3.05) is 6.61 Å². The van der Waals surface area contributed by atoms with E-state index in [0.29, 0.717) is 12.8 Å². The fourth-order valence-corrected chi connectivity index (χ4v) is 1.59. The Hall–Kier alpha value is -1.48. The maximum atomic E-state index is 13.1. The van der Waals surface area contributed by atoms with E-state index in [1.54, 1.807) is 0 Å². The highest BCUT2D eigenvalue weighted by Crippen LogP contribution is 2.46. The lowest BCUT2D eigenvalue weighted by Gasteiger charge is -2.31. The molecule has 0 bridgehead atoms. The predicted octanol–water partition coefficient (Wildman–Crippen LogP) is 2.55. The van der Waals surface area contributed by atoms with E-state index < -0.39 is 36.3 Å². The number of halogens is 6. The highest BCUT2D eigenvalue weighted by atomic mass is 19.3. The van der Waals surface area contributed by atoms with Gasteiger partial charge in [0.05, 0.1) is 6.61 Å². The first-order valence-electron chi connectivity index (χ1n) is 6.95. The summed E-state index contributed by atoms with van der Waals surface area (Å²) in [5.41, 5.74) is 0. The number of hydrogen-bond donors (Lipinski definition) is 0. The van der Waals surface area contributed by atoms with Crippen LogP contribution in [0.3, 0.4) is 0 Å². The molecule has 0 amide bonds. The van der Waals surface area contributed by atoms with Gasteiger partial charge in [-0.15, -0.1) is 0 Å². The monoisotopic (exact) mass is 351 g/mol. The van der Waals surface area contributed by atoms with E-state index in [2.05, 4.69) is 4.74 Å². The second-order valence-electron chi connectivity index (χ2n) is 4.91. The number of carboxylic acid groups (broad SMARTS) is 1. The van der Waals surface area contributed by atoms with E-state index in [1.165, 1.54) is 0 Å². The van der Waals surface area contributed by atoms with Crippen LogP contribution in [0.15, 0.2) is 0 Å². The van der Waals surface area contributed by atoms with Crippen molar-refractivity contribution in [2.45, 2.75) is 63.2 Å². The van der Waals surface area contributed by atoms with Crippen molar-refractivity contribution in [2.24, 2.45) is 0 Å². The van der Waals surface area contributed by atoms with Crippen molar-refractivity contribution in [3.63, 3.8) is 0 Å². The lowest BCUT2D eigenvalue weighted by atomic mass is 10.0. The molecule has 23 heavy (non-hydrogen) atoms. The summed E-state index contributed by atoms with van der Waals surface area (Å²) in [7, 11) is 0. The molecule has 0 aliphatic carbocycles. The van der Waals surface area contributed by atoms with Gasteiger partial charge in [-0.25, -0.2) is 4.79 Å². The fourth-order valence-electron chi connectivity index (χ4n) is 1.59. The van der Waals surface area contributed by atoms with Crippen molar-refractivity contribution < 1.29 is 45.8 Å². The standard InChI is InChI=1S/C13H18F6O4/c1-2-3-4-5-6-7-8-23-10(22)12(16,17)13(18,19)11(14,15)9(20)21/h2-8H2,1H3,(H,20,21)/p-1. The first kappa shape index (κ1) is 21.5. The van der Waals surface area contributed by atoms with Gasteiger partial charge >= 0.3 is 23.7 Å². The summed E-state index contributed by atoms with van der Waals surface area (Å²) in [6, 6.07) is 0. The van der Waals surface area contributed by atoms with Crippen LogP contribution in [0.2, 0.25) is 0 Å². The highest BCUT2D eigenvalue weighted by molar-refractivity contribution is 5.83. The summed E-state index contributed by atoms with van der Waals surface area (Å²) in [6.07, 6.45) is 4.04. The number of carbonyl (C=O) groups excluding carboxylic acids is 2. The zero-order valence-electron chi connectivity index (χ0n) is 12.4. The molecule has 0 saturated heterocycles. The minimum atomic E-state index is -6.48. The third-order valence-electron chi connectivity index (χ3n) is 3.03. The molecule has 0 fully saturated rings. The second kappa shape index (κ2) is 8.39. The van der Waals surface area contributed by atoms with Crippen LogP contribution in [-0.2, 0) is 14.3 Å². The maximum absolute atomic E-state index is 13.1. The third-order valence-corrected chi connectivity index (χ3v) is 3.03. The highest BCUT2D eigenvalue weighted by Gasteiger charge is 2.76. The molecule has 0 aromatic heterocycles. The molecule has 0 aromatic rings. The van der Waals surface area contributed by atoms with Crippen LogP contribution in [0, 0.1) is 0 Å². The first-order valence-corrected chi connectivity index (χ1v) is 6.95. The zero-order chi connectivity index (χ0) is 18.3. The Labute approximate surface area is 128 Å². The molecular weight excluding hydrogens is 334 g/mol. The molecule has 0 atom stereocenters. The lowest BCUT2D eigenvalue weighted by Crippen LogP contribution is -2.64. The Morgan fingerprint density at radius 3 is 1.83 bits per heavy atom. The number of aliphatic carboxylic acids is 1. The number of carbonyl (C=O) groups is 2. The number of ether oxygens (including phenoxy) is 1. The number of carboxylic acids is 1. The average molecular weight is 351 g/mol. The molecule has 10 heteroatoms. The van der Waals surface area contributed by atoms with Gasteiger partial charge in [-0.05, 0) is 6.42 Å². The van der Waals surface area contributed by atoms with Gasteiger partial charge in [0.15, 0.2) is 0 Å². The van der Waals surface area contributed by atoms with Gasteiger partial charge in [-0.1, -0.05) is 39.0 Å². The van der Waals surface area contributed by atoms with Crippen molar-refractivity contribution in [1.29, 1.82) is 0 Å². The SMILES string of the molecule is CCCCCCCCOC(=O)C(F)(F)C(F)(F)C(F)(F)C(=O)[O-]. The predicted molar refractivity (Wildman–Crippen MR) is 64.2 cm³/mol. The molecular formula is C13H17F6O4-. The number of unbranched alkanes of at least 4 members (excludes halogenated alkanes) is 5. The van der Waals surface area contributed by atoms with E-state index >= 15 is 0 Å². The van der Waals surface area contributed by atoms with E-state index in [9.17, 15) is 41.0 Å².